The van der Waals surface area contributed by atoms with Gasteiger partial charge in [0.25, 0.3) is 0 Å². The van der Waals surface area contributed by atoms with Crippen molar-refractivity contribution in [3.63, 3.8) is 0 Å². The van der Waals surface area contributed by atoms with E-state index in [-0.39, 0.29) is 0 Å². The van der Waals surface area contributed by atoms with Crippen molar-refractivity contribution in [1.82, 2.24) is 0 Å². The largest absolute Gasteiger partial charge is 0.397 e. The average Bonchev–Trinajstić information content (AvgIpc) is 2.22. The minimum absolute atomic E-state index is 0.817. The maximum absolute atomic E-state index is 10.5. The van der Waals surface area contributed by atoms with Crippen LogP contribution in [-0.4, -0.2) is 75.6 Å². The van der Waals surface area contributed by atoms with Crippen LogP contribution in [0.3, 0.4) is 0 Å². The molecule has 0 heterocycles. The van der Waals surface area contributed by atoms with Crippen LogP contribution in [0.5, 0.6) is 0 Å². The molecule has 6 N–H and O–H groups in total. The Hall–Kier alpha value is -0.330. The average molecular weight is 274 g/mol. The van der Waals surface area contributed by atoms with E-state index >= 15 is 0 Å². The molecule has 9 nitrogen and oxygen atoms in total. The summed E-state index contributed by atoms with van der Waals surface area (Å²) in [5.41, 5.74) is 0. The maximum Gasteiger partial charge on any atom is 0.397 e. The predicted octanol–water partition coefficient (Wildman–Crippen LogP) is -3.76. The SMILES string of the molecule is O=S(=O)(O)O[C@@H]1[C@@H](O)[C@H](O)[C@@H](O)[C@H](O)[C@H]1CO. The van der Waals surface area contributed by atoms with Gasteiger partial charge in [0.2, 0.25) is 0 Å². The quantitative estimate of drug-likeness (QED) is 0.283. The molecule has 1 aliphatic carbocycles. The number of hydrogen-bond donors (Lipinski definition) is 6. The normalized spacial score (nSPS) is 43.6. The Morgan fingerprint density at radius 2 is 1.41 bits per heavy atom. The van der Waals surface area contributed by atoms with Crippen molar-refractivity contribution >= 4 is 10.4 Å². The summed E-state index contributed by atoms with van der Waals surface area (Å²) in [5.74, 6) is -1.37. The molecule has 0 saturated heterocycles. The fourth-order valence-corrected chi connectivity index (χ4v) is 2.32. The Bertz CT molecular complexity index is 354. The molecule has 0 amide bonds. The van der Waals surface area contributed by atoms with Crippen molar-refractivity contribution in [2.75, 3.05) is 6.61 Å². The van der Waals surface area contributed by atoms with Gasteiger partial charge < -0.3 is 25.5 Å². The molecule has 1 rings (SSSR count). The van der Waals surface area contributed by atoms with E-state index in [4.69, 9.17) is 9.66 Å². The molecule has 0 aromatic heterocycles. The molecule has 6 atom stereocenters. The molecule has 0 radical (unpaired) electrons. The van der Waals surface area contributed by atoms with Gasteiger partial charge in [0, 0.05) is 5.92 Å². The van der Waals surface area contributed by atoms with Gasteiger partial charge in [-0.1, -0.05) is 0 Å². The molecule has 0 aliphatic heterocycles. The molecule has 17 heavy (non-hydrogen) atoms. The van der Waals surface area contributed by atoms with E-state index in [2.05, 4.69) is 4.18 Å². The second kappa shape index (κ2) is 5.12. The van der Waals surface area contributed by atoms with Crippen LogP contribution in [0.2, 0.25) is 0 Å². The van der Waals surface area contributed by atoms with Gasteiger partial charge in [0.1, 0.15) is 24.4 Å². The Morgan fingerprint density at radius 1 is 0.941 bits per heavy atom. The van der Waals surface area contributed by atoms with E-state index in [1.54, 1.807) is 0 Å². The molecule has 0 bridgehead atoms. The Kier molecular flexibility index (Phi) is 4.43. The zero-order valence-corrected chi connectivity index (χ0v) is 9.30. The summed E-state index contributed by atoms with van der Waals surface area (Å²) in [6.07, 6.45) is -8.97. The number of aliphatic hydroxyl groups excluding tert-OH is 5. The van der Waals surface area contributed by atoms with Gasteiger partial charge >= 0.3 is 10.4 Å². The van der Waals surface area contributed by atoms with Gasteiger partial charge in [0.05, 0.1) is 12.7 Å². The molecule has 1 fully saturated rings. The minimum Gasteiger partial charge on any atom is -0.396 e. The number of aliphatic hydroxyl groups is 5. The molecule has 0 aromatic carbocycles. The lowest BCUT2D eigenvalue weighted by Gasteiger charge is -2.42. The van der Waals surface area contributed by atoms with Gasteiger partial charge in [-0.3, -0.25) is 4.55 Å². The highest BCUT2D eigenvalue weighted by Gasteiger charge is 2.50. The Labute approximate surface area is 96.8 Å². The molecule has 10 heteroatoms. The van der Waals surface area contributed by atoms with E-state index in [1.807, 2.05) is 0 Å². The molecule has 102 valence electrons. The summed E-state index contributed by atoms with van der Waals surface area (Å²) in [5, 5.41) is 46.4. The third-order valence-electron chi connectivity index (χ3n) is 2.69. The van der Waals surface area contributed by atoms with Crippen LogP contribution < -0.4 is 0 Å². The highest BCUT2D eigenvalue weighted by molar-refractivity contribution is 7.80. The maximum atomic E-state index is 10.5. The van der Waals surface area contributed by atoms with E-state index in [0.29, 0.717) is 0 Å². The molecule has 1 saturated carbocycles. The van der Waals surface area contributed by atoms with Crippen LogP contribution in [-0.2, 0) is 14.6 Å². The first-order chi connectivity index (χ1) is 7.69. The summed E-state index contributed by atoms with van der Waals surface area (Å²) < 4.78 is 33.6. The molecular weight excluding hydrogens is 260 g/mol. The predicted molar refractivity (Wildman–Crippen MR) is 51.0 cm³/mol. The minimum atomic E-state index is -4.94. The van der Waals surface area contributed by atoms with E-state index in [1.165, 1.54) is 0 Å². The molecule has 0 aromatic rings. The Morgan fingerprint density at radius 3 is 1.82 bits per heavy atom. The summed E-state index contributed by atoms with van der Waals surface area (Å²) >= 11 is 0. The van der Waals surface area contributed by atoms with Crippen LogP contribution in [0.1, 0.15) is 0 Å². The zero-order valence-electron chi connectivity index (χ0n) is 8.49. The monoisotopic (exact) mass is 274 g/mol. The third kappa shape index (κ3) is 3.11. The van der Waals surface area contributed by atoms with Crippen molar-refractivity contribution in [1.29, 1.82) is 0 Å². The van der Waals surface area contributed by atoms with Crippen LogP contribution in [0, 0.1) is 5.92 Å². The van der Waals surface area contributed by atoms with Crippen molar-refractivity contribution in [2.45, 2.75) is 30.5 Å². The van der Waals surface area contributed by atoms with E-state index < -0.39 is 53.4 Å². The summed E-state index contributed by atoms with van der Waals surface area (Å²) in [6.45, 7) is -0.817. The Balaban J connectivity index is 2.98. The standard InChI is InChI=1S/C7H14O9S/c8-1-2-3(9)4(10)5(11)6(12)7(2)16-17(13,14)15/h2-12H,1H2,(H,13,14,15)/t2-,3-,4+,5-,6+,7+/m1/s1. The first kappa shape index (κ1) is 14.7. The second-order valence-corrected chi connectivity index (χ2v) is 4.85. The van der Waals surface area contributed by atoms with E-state index in [9.17, 15) is 28.8 Å². The fourth-order valence-electron chi connectivity index (χ4n) is 1.78. The van der Waals surface area contributed by atoms with Gasteiger partial charge in [-0.25, -0.2) is 4.18 Å². The van der Waals surface area contributed by atoms with E-state index in [0.717, 1.165) is 0 Å². The van der Waals surface area contributed by atoms with Crippen LogP contribution in [0.4, 0.5) is 0 Å². The summed E-state index contributed by atoms with van der Waals surface area (Å²) in [4.78, 5) is 0. The van der Waals surface area contributed by atoms with Crippen molar-refractivity contribution in [3.05, 3.63) is 0 Å². The zero-order chi connectivity index (χ0) is 13.4. The van der Waals surface area contributed by atoms with Crippen molar-refractivity contribution in [3.8, 4) is 0 Å². The van der Waals surface area contributed by atoms with Crippen LogP contribution in [0.25, 0.3) is 0 Å². The third-order valence-corrected chi connectivity index (χ3v) is 3.16. The molecule has 1 aliphatic rings. The lowest BCUT2D eigenvalue weighted by atomic mass is 9.79. The van der Waals surface area contributed by atoms with Gasteiger partial charge in [-0.2, -0.15) is 8.42 Å². The van der Waals surface area contributed by atoms with Crippen molar-refractivity contribution in [2.24, 2.45) is 5.92 Å². The highest BCUT2D eigenvalue weighted by Crippen LogP contribution is 2.29. The van der Waals surface area contributed by atoms with Gasteiger partial charge in [-0.15, -0.1) is 0 Å². The first-order valence-corrected chi connectivity index (χ1v) is 6.04. The second-order valence-electron chi connectivity index (χ2n) is 3.80. The fraction of sp³-hybridized carbons (Fsp3) is 1.00. The number of rotatable bonds is 3. The molecule has 0 spiro atoms. The van der Waals surface area contributed by atoms with Crippen molar-refractivity contribution < 1.29 is 42.7 Å². The topological polar surface area (TPSA) is 165 Å². The molecular formula is C7H14O9S. The smallest absolute Gasteiger partial charge is 0.396 e. The highest BCUT2D eigenvalue weighted by atomic mass is 32.3. The lowest BCUT2D eigenvalue weighted by Crippen LogP contribution is -2.62. The summed E-state index contributed by atoms with van der Waals surface area (Å²) in [6, 6.07) is 0. The lowest BCUT2D eigenvalue weighted by molar-refractivity contribution is -0.203. The number of hydrogen-bond acceptors (Lipinski definition) is 8. The van der Waals surface area contributed by atoms with Crippen LogP contribution in [0.15, 0.2) is 0 Å². The first-order valence-electron chi connectivity index (χ1n) is 4.68. The van der Waals surface area contributed by atoms with Gasteiger partial charge in [-0.05, 0) is 0 Å². The molecule has 0 unspecified atom stereocenters. The van der Waals surface area contributed by atoms with Crippen LogP contribution >= 0.6 is 0 Å². The van der Waals surface area contributed by atoms with Gasteiger partial charge in [0.15, 0.2) is 0 Å². The summed E-state index contributed by atoms with van der Waals surface area (Å²) in [7, 11) is -4.94.